The number of aromatic amines is 1. The van der Waals surface area contributed by atoms with Gasteiger partial charge in [-0.15, -0.1) is 0 Å². The van der Waals surface area contributed by atoms with E-state index in [9.17, 15) is 9.90 Å². The zero-order valence-electron chi connectivity index (χ0n) is 20.5. The lowest BCUT2D eigenvalue weighted by molar-refractivity contribution is 0.0740. The average molecular weight is 496 g/mol. The van der Waals surface area contributed by atoms with Crippen molar-refractivity contribution in [2.75, 3.05) is 13.2 Å². The van der Waals surface area contributed by atoms with Crippen molar-refractivity contribution in [1.82, 2.24) is 15.1 Å². The second kappa shape index (κ2) is 11.6. The minimum Gasteiger partial charge on any atom is -0.507 e. The number of nitrogens with one attached hydrogen (secondary N) is 1. The van der Waals surface area contributed by atoms with Gasteiger partial charge in [-0.2, -0.15) is 5.10 Å². The predicted molar refractivity (Wildman–Crippen MR) is 139 cm³/mol. The second-order valence-corrected chi connectivity index (χ2v) is 9.55. The van der Waals surface area contributed by atoms with Gasteiger partial charge in [0.05, 0.1) is 12.6 Å². The molecule has 0 saturated heterocycles. The van der Waals surface area contributed by atoms with Crippen molar-refractivity contribution >= 4 is 17.5 Å². The molecule has 0 aliphatic carbocycles. The Morgan fingerprint density at radius 3 is 2.51 bits per heavy atom. The number of halogens is 1. The van der Waals surface area contributed by atoms with Gasteiger partial charge in [-0.05, 0) is 48.7 Å². The molecule has 1 unspecified atom stereocenters. The molecule has 1 aromatic heterocycles. The lowest BCUT2D eigenvalue weighted by Gasteiger charge is -2.26. The number of benzene rings is 2. The van der Waals surface area contributed by atoms with Crippen LogP contribution in [-0.4, -0.2) is 39.3 Å². The minimum absolute atomic E-state index is 0.0716. The van der Waals surface area contributed by atoms with Crippen LogP contribution in [0.4, 0.5) is 0 Å². The van der Waals surface area contributed by atoms with Crippen LogP contribution in [0.25, 0.3) is 11.3 Å². The molecule has 1 atom stereocenters. The summed E-state index contributed by atoms with van der Waals surface area (Å²) in [5.41, 5.74) is 3.29. The maximum Gasteiger partial charge on any atom is 0.273 e. The van der Waals surface area contributed by atoms with E-state index in [2.05, 4.69) is 24.0 Å². The zero-order valence-corrected chi connectivity index (χ0v) is 21.3. The Morgan fingerprint density at radius 2 is 1.77 bits per heavy atom. The summed E-state index contributed by atoms with van der Waals surface area (Å²) in [7, 11) is 0. The Kier molecular flexibility index (Phi) is 8.34. The first-order valence-electron chi connectivity index (χ1n) is 12.7. The van der Waals surface area contributed by atoms with E-state index in [1.54, 1.807) is 18.2 Å². The van der Waals surface area contributed by atoms with Gasteiger partial charge >= 0.3 is 0 Å². The maximum atomic E-state index is 13.4. The van der Waals surface area contributed by atoms with Gasteiger partial charge in [-0.3, -0.25) is 9.89 Å². The van der Waals surface area contributed by atoms with Crippen LogP contribution in [0.3, 0.4) is 0 Å². The molecule has 0 spiro atoms. The van der Waals surface area contributed by atoms with E-state index in [0.29, 0.717) is 35.1 Å². The molecule has 2 aromatic carbocycles. The number of hydrogen-bond donors (Lipinski definition) is 2. The predicted octanol–water partition coefficient (Wildman–Crippen LogP) is 7.13. The van der Waals surface area contributed by atoms with E-state index in [1.165, 1.54) is 19.3 Å². The van der Waals surface area contributed by atoms with Crippen molar-refractivity contribution in [1.29, 1.82) is 0 Å². The number of carbonyl (C=O) groups excluding carboxylic acids is 1. The number of fused-ring (bicyclic) bond motifs is 1. The summed E-state index contributed by atoms with van der Waals surface area (Å²) in [6, 6.07) is 12.6. The lowest BCUT2D eigenvalue weighted by atomic mass is 9.95. The summed E-state index contributed by atoms with van der Waals surface area (Å²) in [5, 5.41) is 18.4. The van der Waals surface area contributed by atoms with Gasteiger partial charge in [-0.1, -0.05) is 69.7 Å². The molecule has 1 aliphatic rings. The van der Waals surface area contributed by atoms with Crippen molar-refractivity contribution < 1.29 is 14.6 Å². The van der Waals surface area contributed by atoms with Crippen LogP contribution in [0.15, 0.2) is 42.5 Å². The minimum atomic E-state index is -0.305. The normalized spacial score (nSPS) is 15.0. The summed E-state index contributed by atoms with van der Waals surface area (Å²) < 4.78 is 5.93. The third kappa shape index (κ3) is 5.48. The first-order chi connectivity index (χ1) is 17.0. The first kappa shape index (κ1) is 25.1. The van der Waals surface area contributed by atoms with Gasteiger partial charge in [0.15, 0.2) is 0 Å². The van der Waals surface area contributed by atoms with Crippen molar-refractivity contribution in [2.24, 2.45) is 0 Å². The quantitative estimate of drug-likeness (QED) is 0.262. The molecule has 6 nitrogen and oxygen atoms in total. The van der Waals surface area contributed by atoms with Crippen molar-refractivity contribution in [2.45, 2.75) is 64.8 Å². The zero-order chi connectivity index (χ0) is 24.8. The Labute approximate surface area is 212 Å². The first-order valence-corrected chi connectivity index (χ1v) is 13.0. The molecule has 0 fully saturated rings. The molecule has 4 rings (SSSR count). The highest BCUT2D eigenvalue weighted by atomic mass is 35.5. The molecule has 1 amide bonds. The molecular formula is C28H34ClN3O3. The van der Waals surface area contributed by atoms with Gasteiger partial charge in [0, 0.05) is 22.7 Å². The van der Waals surface area contributed by atoms with E-state index in [1.807, 2.05) is 29.2 Å². The van der Waals surface area contributed by atoms with E-state index >= 15 is 0 Å². The molecule has 2 N–H and O–H groups in total. The molecule has 0 radical (unpaired) electrons. The Hall–Kier alpha value is -2.99. The SMILES string of the molecule is CCCCCCOc1ccc(C2c3c(-c4cc(Cl)ccc4O)n[nH]c3C(=O)N2CCCCC)cc1. The number of ether oxygens (including phenoxy) is 1. The number of aromatic hydroxyl groups is 1. The largest absolute Gasteiger partial charge is 0.507 e. The molecule has 0 bridgehead atoms. The molecule has 35 heavy (non-hydrogen) atoms. The number of aromatic nitrogens is 2. The fourth-order valence-electron chi connectivity index (χ4n) is 4.67. The number of H-pyrrole nitrogens is 1. The summed E-state index contributed by atoms with van der Waals surface area (Å²) in [6.45, 7) is 5.70. The highest BCUT2D eigenvalue weighted by Crippen LogP contribution is 2.45. The third-order valence-corrected chi connectivity index (χ3v) is 6.78. The number of hydrogen-bond acceptors (Lipinski definition) is 4. The monoisotopic (exact) mass is 495 g/mol. The van der Waals surface area contributed by atoms with Gasteiger partial charge < -0.3 is 14.7 Å². The third-order valence-electron chi connectivity index (χ3n) is 6.54. The van der Waals surface area contributed by atoms with Crippen LogP contribution < -0.4 is 4.74 Å². The number of phenolic OH excluding ortho intramolecular Hbond substituents is 1. The summed E-state index contributed by atoms with van der Waals surface area (Å²) >= 11 is 6.23. The number of rotatable bonds is 12. The molecule has 186 valence electrons. The molecule has 1 aliphatic heterocycles. The van der Waals surface area contributed by atoms with Crippen LogP contribution in [0.1, 0.15) is 86.5 Å². The van der Waals surface area contributed by atoms with Crippen LogP contribution >= 0.6 is 11.6 Å². The van der Waals surface area contributed by atoms with Crippen molar-refractivity contribution in [3.05, 3.63) is 64.3 Å². The Balaban J connectivity index is 1.65. The van der Waals surface area contributed by atoms with E-state index < -0.39 is 0 Å². The highest BCUT2D eigenvalue weighted by molar-refractivity contribution is 6.31. The molecular weight excluding hydrogens is 462 g/mol. The van der Waals surface area contributed by atoms with Crippen LogP contribution in [0, 0.1) is 0 Å². The van der Waals surface area contributed by atoms with E-state index in [0.717, 1.165) is 42.6 Å². The van der Waals surface area contributed by atoms with Crippen LogP contribution in [-0.2, 0) is 0 Å². The topological polar surface area (TPSA) is 78.5 Å². The number of amides is 1. The fraction of sp³-hybridized carbons (Fsp3) is 0.429. The van der Waals surface area contributed by atoms with Crippen LogP contribution in [0.2, 0.25) is 5.02 Å². The van der Waals surface area contributed by atoms with E-state index in [4.69, 9.17) is 16.3 Å². The lowest BCUT2D eigenvalue weighted by Crippen LogP contribution is -2.30. The summed E-state index contributed by atoms with van der Waals surface area (Å²) in [5.74, 6) is 0.830. The molecule has 2 heterocycles. The molecule has 7 heteroatoms. The van der Waals surface area contributed by atoms with Crippen LogP contribution in [0.5, 0.6) is 11.5 Å². The second-order valence-electron chi connectivity index (χ2n) is 9.11. The fourth-order valence-corrected chi connectivity index (χ4v) is 4.85. The van der Waals surface area contributed by atoms with Crippen molar-refractivity contribution in [3.8, 4) is 22.8 Å². The van der Waals surface area contributed by atoms with Gasteiger partial charge in [0.25, 0.3) is 5.91 Å². The smallest absolute Gasteiger partial charge is 0.273 e. The molecule has 0 saturated carbocycles. The number of nitrogens with zero attached hydrogens (tertiary/aromatic N) is 2. The summed E-state index contributed by atoms with van der Waals surface area (Å²) in [4.78, 5) is 15.3. The number of carbonyl (C=O) groups is 1. The number of unbranched alkanes of at least 4 members (excludes halogenated alkanes) is 5. The van der Waals surface area contributed by atoms with Crippen molar-refractivity contribution in [3.63, 3.8) is 0 Å². The van der Waals surface area contributed by atoms with Gasteiger partial charge in [0.1, 0.15) is 22.9 Å². The molecule has 3 aromatic rings. The van der Waals surface area contributed by atoms with Gasteiger partial charge in [0.2, 0.25) is 0 Å². The Bertz CT molecular complexity index is 1140. The maximum absolute atomic E-state index is 13.4. The van der Waals surface area contributed by atoms with Gasteiger partial charge in [-0.25, -0.2) is 0 Å². The summed E-state index contributed by atoms with van der Waals surface area (Å²) in [6.07, 6.45) is 7.70. The average Bonchev–Trinajstić information content (AvgIpc) is 3.40. The standard InChI is InChI=1S/C28H34ClN3O3/c1-3-5-7-9-17-35-21-13-10-19(11-14-21)27-24-25(22-18-20(29)12-15-23(22)33)30-31-26(24)28(34)32(27)16-8-6-4-2/h10-15,18,27,33H,3-9,16-17H2,1-2H3,(H,30,31). The van der Waals surface area contributed by atoms with E-state index in [-0.39, 0.29) is 17.7 Å². The Morgan fingerprint density at radius 1 is 1.03 bits per heavy atom. The highest BCUT2D eigenvalue weighted by Gasteiger charge is 2.42. The number of phenols is 1.